The molecule has 0 aromatic carbocycles. The van der Waals surface area contributed by atoms with Crippen LogP contribution < -0.4 is 5.56 Å². The lowest BCUT2D eigenvalue weighted by Crippen LogP contribution is -2.08. The van der Waals surface area contributed by atoms with E-state index in [0.29, 0.717) is 0 Å². The van der Waals surface area contributed by atoms with Crippen molar-refractivity contribution in [2.75, 3.05) is 0 Å². The van der Waals surface area contributed by atoms with E-state index in [1.807, 2.05) is 12.1 Å². The van der Waals surface area contributed by atoms with Crippen LogP contribution in [0.15, 0.2) is 34.2 Å². The van der Waals surface area contributed by atoms with Crippen molar-refractivity contribution in [2.45, 2.75) is 6.42 Å². The van der Waals surface area contributed by atoms with Crippen LogP contribution in [-0.4, -0.2) is 11.2 Å². The first kappa shape index (κ1) is 7.03. The standard InChI is InChI=1S/C9H8N2O/c12-9-4-3-7-2-1-5-10-6-8(7)11-9/h1,3-6H,2H2,(H,11,12). The van der Waals surface area contributed by atoms with Gasteiger partial charge in [-0.1, -0.05) is 12.1 Å². The quantitative estimate of drug-likeness (QED) is 0.601. The van der Waals surface area contributed by atoms with E-state index in [1.54, 1.807) is 12.4 Å². The summed E-state index contributed by atoms with van der Waals surface area (Å²) in [5, 5.41) is 0. The fourth-order valence-electron chi connectivity index (χ4n) is 1.17. The summed E-state index contributed by atoms with van der Waals surface area (Å²) in [5.74, 6) is 0. The number of aromatic nitrogens is 1. The lowest BCUT2D eigenvalue weighted by molar-refractivity contribution is 1.14. The number of aromatic amines is 1. The van der Waals surface area contributed by atoms with Crippen molar-refractivity contribution in [3.63, 3.8) is 0 Å². The number of aliphatic imine (C=N–C) groups is 1. The fourth-order valence-corrected chi connectivity index (χ4v) is 1.17. The van der Waals surface area contributed by atoms with Crippen LogP contribution in [-0.2, 0) is 6.42 Å². The van der Waals surface area contributed by atoms with Crippen LogP contribution in [0.25, 0.3) is 0 Å². The summed E-state index contributed by atoms with van der Waals surface area (Å²) in [4.78, 5) is 17.6. The molecule has 1 aliphatic rings. The maximum absolute atomic E-state index is 10.9. The monoisotopic (exact) mass is 160 g/mol. The summed E-state index contributed by atoms with van der Waals surface area (Å²) < 4.78 is 0. The zero-order chi connectivity index (χ0) is 8.39. The molecule has 1 aromatic rings. The molecule has 0 unspecified atom stereocenters. The summed E-state index contributed by atoms with van der Waals surface area (Å²) in [6.07, 6.45) is 6.19. The SMILES string of the molecule is O=c1ccc2c([nH]1)C=NC=CC2. The molecule has 0 fully saturated rings. The summed E-state index contributed by atoms with van der Waals surface area (Å²) in [5.41, 5.74) is 1.83. The molecule has 0 radical (unpaired) electrons. The van der Waals surface area contributed by atoms with E-state index < -0.39 is 0 Å². The van der Waals surface area contributed by atoms with Gasteiger partial charge in [-0.15, -0.1) is 0 Å². The first-order valence-electron chi connectivity index (χ1n) is 3.77. The Morgan fingerprint density at radius 2 is 2.33 bits per heavy atom. The number of rotatable bonds is 0. The van der Waals surface area contributed by atoms with Gasteiger partial charge in [0.1, 0.15) is 0 Å². The van der Waals surface area contributed by atoms with E-state index in [0.717, 1.165) is 17.7 Å². The van der Waals surface area contributed by atoms with Crippen LogP contribution in [0.2, 0.25) is 0 Å². The number of fused-ring (bicyclic) bond motifs is 1. The zero-order valence-electron chi connectivity index (χ0n) is 6.45. The van der Waals surface area contributed by atoms with Crippen molar-refractivity contribution in [3.8, 4) is 0 Å². The Kier molecular flexibility index (Phi) is 1.63. The Hall–Kier alpha value is -1.64. The Labute approximate surface area is 69.5 Å². The van der Waals surface area contributed by atoms with E-state index in [1.165, 1.54) is 6.07 Å². The minimum Gasteiger partial charge on any atom is -0.321 e. The van der Waals surface area contributed by atoms with Gasteiger partial charge >= 0.3 is 0 Å². The smallest absolute Gasteiger partial charge is 0.248 e. The number of pyridine rings is 1. The molecule has 1 N–H and O–H groups in total. The minimum absolute atomic E-state index is 0.0814. The first-order valence-corrected chi connectivity index (χ1v) is 3.77. The van der Waals surface area contributed by atoms with E-state index >= 15 is 0 Å². The fraction of sp³-hybridized carbons (Fsp3) is 0.111. The molecular formula is C9H8N2O. The predicted octanol–water partition coefficient (Wildman–Crippen LogP) is 0.864. The van der Waals surface area contributed by atoms with Gasteiger partial charge in [0.15, 0.2) is 0 Å². The highest BCUT2D eigenvalue weighted by Crippen LogP contribution is 2.05. The van der Waals surface area contributed by atoms with E-state index in [2.05, 4.69) is 9.98 Å². The Morgan fingerprint density at radius 3 is 3.25 bits per heavy atom. The lowest BCUT2D eigenvalue weighted by Gasteiger charge is -1.98. The maximum Gasteiger partial charge on any atom is 0.248 e. The van der Waals surface area contributed by atoms with E-state index in [4.69, 9.17) is 0 Å². The van der Waals surface area contributed by atoms with Gasteiger partial charge in [-0.2, -0.15) is 0 Å². The van der Waals surface area contributed by atoms with Gasteiger partial charge in [-0.3, -0.25) is 9.79 Å². The molecule has 2 rings (SSSR count). The van der Waals surface area contributed by atoms with Gasteiger partial charge in [0.05, 0.1) is 11.9 Å². The Bertz CT molecular complexity index is 401. The average Bonchev–Trinajstić information content (AvgIpc) is 2.28. The lowest BCUT2D eigenvalue weighted by atomic mass is 10.1. The molecule has 0 saturated carbocycles. The summed E-state index contributed by atoms with van der Waals surface area (Å²) >= 11 is 0. The molecule has 0 amide bonds. The molecule has 2 heterocycles. The average molecular weight is 160 g/mol. The molecule has 0 saturated heterocycles. The number of allylic oxidation sites excluding steroid dienone is 1. The summed E-state index contributed by atoms with van der Waals surface area (Å²) in [6.45, 7) is 0. The van der Waals surface area contributed by atoms with Crippen LogP contribution in [0, 0.1) is 0 Å². The number of nitrogens with zero attached hydrogens (tertiary/aromatic N) is 1. The molecule has 1 aliphatic heterocycles. The first-order chi connectivity index (χ1) is 5.86. The second-order valence-electron chi connectivity index (χ2n) is 2.63. The highest BCUT2D eigenvalue weighted by molar-refractivity contribution is 5.80. The van der Waals surface area contributed by atoms with Crippen LogP contribution in [0.3, 0.4) is 0 Å². The van der Waals surface area contributed by atoms with Crippen molar-refractivity contribution >= 4 is 6.21 Å². The highest BCUT2D eigenvalue weighted by atomic mass is 16.1. The van der Waals surface area contributed by atoms with Crippen LogP contribution in [0.1, 0.15) is 11.3 Å². The Balaban J connectivity index is 2.60. The molecule has 0 bridgehead atoms. The molecule has 3 nitrogen and oxygen atoms in total. The number of hydrogen-bond donors (Lipinski definition) is 1. The van der Waals surface area contributed by atoms with Gasteiger partial charge in [0.2, 0.25) is 5.56 Å². The Morgan fingerprint density at radius 1 is 1.42 bits per heavy atom. The minimum atomic E-state index is -0.0814. The molecule has 12 heavy (non-hydrogen) atoms. The van der Waals surface area contributed by atoms with E-state index in [-0.39, 0.29) is 5.56 Å². The topological polar surface area (TPSA) is 45.2 Å². The van der Waals surface area contributed by atoms with Crippen LogP contribution >= 0.6 is 0 Å². The van der Waals surface area contributed by atoms with Crippen molar-refractivity contribution < 1.29 is 0 Å². The van der Waals surface area contributed by atoms with Crippen molar-refractivity contribution in [1.82, 2.24) is 4.98 Å². The van der Waals surface area contributed by atoms with Gasteiger partial charge in [-0.05, 0) is 12.0 Å². The number of nitrogens with one attached hydrogen (secondary N) is 1. The molecule has 3 heteroatoms. The summed E-state index contributed by atoms with van der Waals surface area (Å²) in [7, 11) is 0. The van der Waals surface area contributed by atoms with Gasteiger partial charge in [0, 0.05) is 12.3 Å². The molecule has 0 atom stereocenters. The van der Waals surface area contributed by atoms with Crippen LogP contribution in [0.4, 0.5) is 0 Å². The van der Waals surface area contributed by atoms with Crippen molar-refractivity contribution in [2.24, 2.45) is 4.99 Å². The maximum atomic E-state index is 10.9. The molecule has 60 valence electrons. The number of H-pyrrole nitrogens is 1. The number of hydrogen-bond acceptors (Lipinski definition) is 2. The van der Waals surface area contributed by atoms with Crippen molar-refractivity contribution in [3.05, 3.63) is 46.0 Å². The van der Waals surface area contributed by atoms with Gasteiger partial charge in [-0.25, -0.2) is 0 Å². The molecule has 0 spiro atoms. The molecular weight excluding hydrogens is 152 g/mol. The third kappa shape index (κ3) is 1.21. The van der Waals surface area contributed by atoms with Crippen molar-refractivity contribution in [1.29, 1.82) is 0 Å². The zero-order valence-corrected chi connectivity index (χ0v) is 6.45. The largest absolute Gasteiger partial charge is 0.321 e. The normalized spacial score (nSPS) is 14.0. The third-order valence-corrected chi connectivity index (χ3v) is 1.77. The highest BCUT2D eigenvalue weighted by Gasteiger charge is 2.00. The van der Waals surface area contributed by atoms with Crippen LogP contribution in [0.5, 0.6) is 0 Å². The summed E-state index contributed by atoms with van der Waals surface area (Å²) in [6, 6.07) is 3.36. The van der Waals surface area contributed by atoms with E-state index in [9.17, 15) is 4.79 Å². The molecule has 0 aliphatic carbocycles. The second kappa shape index (κ2) is 2.77. The second-order valence-corrected chi connectivity index (χ2v) is 2.63. The molecule has 1 aromatic heterocycles. The predicted molar refractivity (Wildman–Crippen MR) is 47.5 cm³/mol. The van der Waals surface area contributed by atoms with Gasteiger partial charge < -0.3 is 4.98 Å². The van der Waals surface area contributed by atoms with Gasteiger partial charge in [0.25, 0.3) is 0 Å². The third-order valence-electron chi connectivity index (χ3n) is 1.77.